The fourth-order valence-corrected chi connectivity index (χ4v) is 4.98. The Morgan fingerprint density at radius 2 is 1.87 bits per heavy atom. The minimum Gasteiger partial charge on any atom is -0.491 e. The van der Waals surface area contributed by atoms with E-state index in [4.69, 9.17) is 4.74 Å². The van der Waals surface area contributed by atoms with Crippen LogP contribution in [-0.2, 0) is 29.1 Å². The molecule has 1 aromatic heterocycles. The molecule has 6 bridgehead atoms. The molecular weight excluding hydrogens is 498 g/mol. The Kier molecular flexibility index (Phi) is 7.87. The zero-order valence-electron chi connectivity index (χ0n) is 22.1. The average molecular weight is 532 g/mol. The number of rotatable bonds is 2. The summed E-state index contributed by atoms with van der Waals surface area (Å²) in [6.07, 6.45) is 2.53. The molecule has 0 radical (unpaired) electrons. The van der Waals surface area contributed by atoms with Crippen molar-refractivity contribution in [3.8, 4) is 5.75 Å². The summed E-state index contributed by atoms with van der Waals surface area (Å²) in [7, 11) is 1.85. The average Bonchev–Trinajstić information content (AvgIpc) is 3.53. The summed E-state index contributed by atoms with van der Waals surface area (Å²) in [5.41, 5.74) is 2.93. The van der Waals surface area contributed by atoms with Gasteiger partial charge in [-0.25, -0.2) is 4.68 Å². The lowest BCUT2D eigenvalue weighted by atomic mass is 10.0. The highest BCUT2D eigenvalue weighted by Gasteiger charge is 2.37. The van der Waals surface area contributed by atoms with Crippen LogP contribution in [0.25, 0.3) is 0 Å². The first-order chi connectivity index (χ1) is 18.9. The molecule has 2 aliphatic heterocycles. The standard InChI is InChI=1S/C28H33N7O4/c1-18-8-9-20-13-25(18)39-11-10-35-17-22(32-33-35)15-29-27(37)23(12-19-6-4-3-5-7-19)31-28(38)24-14-21(16-34(24)2)30-26(20)36/h3-9,13,17,21,23-24H,10-12,14-16H2,1-2H3,(H,29,37)(H,30,36)(H,31,38)/t21-,23-,24-/m0/s1. The summed E-state index contributed by atoms with van der Waals surface area (Å²) in [5.74, 6) is -0.165. The van der Waals surface area contributed by atoms with Crippen LogP contribution in [0.3, 0.4) is 0 Å². The smallest absolute Gasteiger partial charge is 0.251 e. The van der Waals surface area contributed by atoms with Crippen molar-refractivity contribution in [2.45, 2.75) is 51.0 Å². The molecule has 3 amide bonds. The maximum absolute atomic E-state index is 13.4. The fourth-order valence-electron chi connectivity index (χ4n) is 4.98. The van der Waals surface area contributed by atoms with E-state index in [0.717, 1.165) is 11.1 Å². The molecule has 3 N–H and O–H groups in total. The van der Waals surface area contributed by atoms with Crippen molar-refractivity contribution in [2.24, 2.45) is 0 Å². The van der Waals surface area contributed by atoms with Crippen LogP contribution in [0.5, 0.6) is 5.75 Å². The molecule has 11 heteroatoms. The van der Waals surface area contributed by atoms with Gasteiger partial charge in [0.1, 0.15) is 24.1 Å². The number of hydrogen-bond donors (Lipinski definition) is 3. The molecule has 11 nitrogen and oxygen atoms in total. The number of likely N-dealkylation sites (tertiary alicyclic amines) is 1. The first kappa shape index (κ1) is 26.4. The number of nitrogens with one attached hydrogen (secondary N) is 3. The first-order valence-electron chi connectivity index (χ1n) is 13.1. The highest BCUT2D eigenvalue weighted by Crippen LogP contribution is 2.21. The van der Waals surface area contributed by atoms with E-state index in [2.05, 4.69) is 26.3 Å². The molecule has 5 rings (SSSR count). The number of carbonyl (C=O) groups is 3. The van der Waals surface area contributed by atoms with E-state index < -0.39 is 12.1 Å². The van der Waals surface area contributed by atoms with Crippen LogP contribution >= 0.6 is 0 Å². The highest BCUT2D eigenvalue weighted by atomic mass is 16.5. The molecule has 204 valence electrons. The summed E-state index contributed by atoms with van der Waals surface area (Å²) in [6.45, 7) is 3.40. The molecule has 3 atom stereocenters. The number of carbonyl (C=O) groups excluding carboxylic acids is 3. The normalized spacial score (nSPS) is 22.8. The minimum absolute atomic E-state index is 0.180. The lowest BCUT2D eigenvalue weighted by Crippen LogP contribution is -2.52. The Morgan fingerprint density at radius 1 is 1.05 bits per heavy atom. The lowest BCUT2D eigenvalue weighted by molar-refractivity contribution is -0.131. The van der Waals surface area contributed by atoms with Gasteiger partial charge in [-0.2, -0.15) is 0 Å². The van der Waals surface area contributed by atoms with Gasteiger partial charge in [-0.3, -0.25) is 19.3 Å². The van der Waals surface area contributed by atoms with E-state index in [1.807, 2.05) is 55.3 Å². The predicted octanol–water partition coefficient (Wildman–Crippen LogP) is 0.825. The molecule has 2 aromatic carbocycles. The third kappa shape index (κ3) is 6.43. The van der Waals surface area contributed by atoms with E-state index in [0.29, 0.717) is 49.5 Å². The molecule has 0 aliphatic carbocycles. The van der Waals surface area contributed by atoms with Gasteiger partial charge in [-0.1, -0.05) is 41.6 Å². The van der Waals surface area contributed by atoms with E-state index in [1.165, 1.54) is 0 Å². The maximum atomic E-state index is 13.4. The number of fused-ring (bicyclic) bond motifs is 6. The summed E-state index contributed by atoms with van der Waals surface area (Å²) in [6, 6.07) is 13.4. The lowest BCUT2D eigenvalue weighted by Gasteiger charge is -2.23. The molecule has 3 heterocycles. The van der Waals surface area contributed by atoms with Gasteiger partial charge in [-0.05, 0) is 43.7 Å². The summed E-state index contributed by atoms with van der Waals surface area (Å²) in [5, 5.41) is 17.2. The summed E-state index contributed by atoms with van der Waals surface area (Å²) in [4.78, 5) is 41.6. The number of aryl methyl sites for hydroxylation is 1. The van der Waals surface area contributed by atoms with Crippen LogP contribution in [0.15, 0.2) is 54.7 Å². The Bertz CT molecular complexity index is 1340. The van der Waals surface area contributed by atoms with Crippen LogP contribution in [0, 0.1) is 6.92 Å². The molecule has 39 heavy (non-hydrogen) atoms. The van der Waals surface area contributed by atoms with Crippen molar-refractivity contribution in [3.63, 3.8) is 0 Å². The molecule has 0 saturated carbocycles. The van der Waals surface area contributed by atoms with Gasteiger partial charge in [0, 0.05) is 24.6 Å². The number of aromatic nitrogens is 3. The zero-order chi connectivity index (χ0) is 27.4. The van der Waals surface area contributed by atoms with Crippen molar-refractivity contribution in [2.75, 3.05) is 20.2 Å². The van der Waals surface area contributed by atoms with Crippen molar-refractivity contribution in [1.82, 2.24) is 35.8 Å². The minimum atomic E-state index is -0.776. The van der Waals surface area contributed by atoms with Gasteiger partial charge in [0.15, 0.2) is 0 Å². The number of benzene rings is 2. The van der Waals surface area contributed by atoms with Crippen molar-refractivity contribution in [1.29, 1.82) is 0 Å². The second kappa shape index (κ2) is 11.6. The first-order valence-corrected chi connectivity index (χ1v) is 13.1. The number of ether oxygens (including phenoxy) is 1. The quantitative estimate of drug-likeness (QED) is 0.447. The second-order valence-corrected chi connectivity index (χ2v) is 10.1. The Morgan fingerprint density at radius 3 is 2.69 bits per heavy atom. The molecular formula is C28H33N7O4. The third-order valence-corrected chi connectivity index (χ3v) is 7.16. The molecule has 0 spiro atoms. The Hall–Kier alpha value is -4.25. The van der Waals surface area contributed by atoms with E-state index in [1.54, 1.807) is 23.0 Å². The Labute approximate surface area is 226 Å². The van der Waals surface area contributed by atoms with Crippen molar-refractivity contribution < 1.29 is 19.1 Å². The molecule has 3 aromatic rings. The third-order valence-electron chi connectivity index (χ3n) is 7.16. The predicted molar refractivity (Wildman–Crippen MR) is 143 cm³/mol. The molecule has 2 aliphatic rings. The maximum Gasteiger partial charge on any atom is 0.251 e. The van der Waals surface area contributed by atoms with Crippen molar-refractivity contribution >= 4 is 17.7 Å². The Balaban J connectivity index is 1.39. The molecule has 0 unspecified atom stereocenters. The molecule has 1 fully saturated rings. The van der Waals surface area contributed by atoms with E-state index >= 15 is 0 Å². The monoisotopic (exact) mass is 531 g/mol. The van der Waals surface area contributed by atoms with Crippen LogP contribution in [0.4, 0.5) is 0 Å². The van der Waals surface area contributed by atoms with E-state index in [-0.39, 0.29) is 30.3 Å². The molecule has 1 saturated heterocycles. The van der Waals surface area contributed by atoms with Gasteiger partial charge in [0.05, 0.1) is 25.3 Å². The van der Waals surface area contributed by atoms with Crippen molar-refractivity contribution in [3.05, 3.63) is 77.1 Å². The number of nitrogens with zero attached hydrogens (tertiary/aromatic N) is 4. The van der Waals surface area contributed by atoms with Crippen LogP contribution in [0.2, 0.25) is 0 Å². The van der Waals surface area contributed by atoms with Crippen LogP contribution in [-0.4, -0.2) is 75.9 Å². The summed E-state index contributed by atoms with van der Waals surface area (Å²) >= 11 is 0. The zero-order valence-corrected chi connectivity index (χ0v) is 22.1. The fraction of sp³-hybridized carbons (Fsp3) is 0.393. The van der Waals surface area contributed by atoms with Crippen LogP contribution < -0.4 is 20.7 Å². The summed E-state index contributed by atoms with van der Waals surface area (Å²) < 4.78 is 7.60. The highest BCUT2D eigenvalue weighted by molar-refractivity contribution is 5.95. The van der Waals surface area contributed by atoms with Gasteiger partial charge < -0.3 is 20.7 Å². The number of likely N-dealkylation sites (N-methyl/N-ethyl adjacent to an activating group) is 1. The van der Waals surface area contributed by atoms with Gasteiger partial charge >= 0.3 is 0 Å². The second-order valence-electron chi connectivity index (χ2n) is 10.1. The van der Waals surface area contributed by atoms with Gasteiger partial charge in [0.2, 0.25) is 11.8 Å². The number of hydrogen-bond acceptors (Lipinski definition) is 7. The largest absolute Gasteiger partial charge is 0.491 e. The SMILES string of the molecule is Cc1ccc2cc1OCCn1cc(nn1)CNC(=O)[C@H](Cc1ccccc1)NC(=O)[C@@H]1C[C@@H](CN1C)NC2=O. The van der Waals surface area contributed by atoms with E-state index in [9.17, 15) is 14.4 Å². The van der Waals surface area contributed by atoms with Crippen LogP contribution in [0.1, 0.15) is 33.6 Å². The van der Waals surface area contributed by atoms with Gasteiger partial charge in [0.25, 0.3) is 5.91 Å². The number of amides is 3. The topological polar surface area (TPSA) is 130 Å². The van der Waals surface area contributed by atoms with Gasteiger partial charge in [-0.15, -0.1) is 5.10 Å².